The Morgan fingerprint density at radius 1 is 1.00 bits per heavy atom. The highest BCUT2D eigenvalue weighted by atomic mass is 19.1. The van der Waals surface area contributed by atoms with Crippen LogP contribution in [0.1, 0.15) is 11.1 Å². The standard InChI is InChI=1S/C19H22FNO4/c1-23-16-10-14(11-17(24-2)19(16)25-3)7-8-21-18(22)12-13-5-4-6-15(20)9-13/h4-6,9-11H,7-8,12H2,1-3H3,(H,21,22). The zero-order valence-electron chi connectivity index (χ0n) is 14.6. The van der Waals surface area contributed by atoms with Crippen molar-refractivity contribution in [2.75, 3.05) is 27.9 Å². The number of amides is 1. The molecule has 2 aromatic carbocycles. The Balaban J connectivity index is 1.93. The molecule has 0 fully saturated rings. The van der Waals surface area contributed by atoms with Crippen LogP contribution in [-0.4, -0.2) is 33.8 Å². The minimum absolute atomic E-state index is 0.146. The number of ether oxygens (including phenoxy) is 3. The summed E-state index contributed by atoms with van der Waals surface area (Å²) in [5.41, 5.74) is 1.59. The summed E-state index contributed by atoms with van der Waals surface area (Å²) in [6.07, 6.45) is 0.749. The van der Waals surface area contributed by atoms with Crippen LogP contribution in [0.15, 0.2) is 36.4 Å². The second-order valence-electron chi connectivity index (χ2n) is 5.44. The first-order valence-electron chi connectivity index (χ1n) is 7.87. The lowest BCUT2D eigenvalue weighted by molar-refractivity contribution is -0.120. The van der Waals surface area contributed by atoms with E-state index in [0.29, 0.717) is 35.8 Å². The Hall–Kier alpha value is -2.76. The maximum absolute atomic E-state index is 13.1. The molecule has 0 aliphatic carbocycles. The van der Waals surface area contributed by atoms with Gasteiger partial charge in [-0.15, -0.1) is 0 Å². The van der Waals surface area contributed by atoms with Crippen LogP contribution < -0.4 is 19.5 Å². The molecule has 5 nitrogen and oxygen atoms in total. The van der Waals surface area contributed by atoms with Gasteiger partial charge in [0.25, 0.3) is 0 Å². The van der Waals surface area contributed by atoms with Crippen molar-refractivity contribution in [1.29, 1.82) is 0 Å². The minimum Gasteiger partial charge on any atom is -0.493 e. The molecule has 0 atom stereocenters. The lowest BCUT2D eigenvalue weighted by atomic mass is 10.1. The van der Waals surface area contributed by atoms with E-state index in [1.165, 1.54) is 12.1 Å². The molecule has 25 heavy (non-hydrogen) atoms. The molecule has 1 N–H and O–H groups in total. The summed E-state index contributed by atoms with van der Waals surface area (Å²) in [6.45, 7) is 0.451. The van der Waals surface area contributed by atoms with Gasteiger partial charge in [0.2, 0.25) is 11.7 Å². The summed E-state index contributed by atoms with van der Waals surface area (Å²) in [5.74, 6) is 1.18. The maximum atomic E-state index is 13.1. The number of rotatable bonds is 8. The molecule has 0 radical (unpaired) electrons. The van der Waals surface area contributed by atoms with Crippen molar-refractivity contribution in [3.8, 4) is 17.2 Å². The Morgan fingerprint density at radius 2 is 1.68 bits per heavy atom. The lowest BCUT2D eigenvalue weighted by Crippen LogP contribution is -2.27. The summed E-state index contributed by atoms with van der Waals surface area (Å²) in [4.78, 5) is 12.0. The summed E-state index contributed by atoms with van der Waals surface area (Å²) >= 11 is 0. The van der Waals surface area contributed by atoms with Crippen LogP contribution in [0.2, 0.25) is 0 Å². The van der Waals surface area contributed by atoms with Gasteiger partial charge in [-0.25, -0.2) is 4.39 Å². The minimum atomic E-state index is -0.345. The molecule has 0 saturated heterocycles. The molecule has 2 rings (SSSR count). The molecule has 0 saturated carbocycles. The van der Waals surface area contributed by atoms with E-state index >= 15 is 0 Å². The van der Waals surface area contributed by atoms with E-state index in [1.54, 1.807) is 33.5 Å². The van der Waals surface area contributed by atoms with E-state index in [1.807, 2.05) is 12.1 Å². The molecule has 0 aromatic heterocycles. The van der Waals surface area contributed by atoms with Gasteiger partial charge in [-0.2, -0.15) is 0 Å². The van der Waals surface area contributed by atoms with Crippen molar-refractivity contribution in [2.24, 2.45) is 0 Å². The van der Waals surface area contributed by atoms with E-state index in [2.05, 4.69) is 5.32 Å². The third-order valence-corrected chi connectivity index (χ3v) is 3.71. The van der Waals surface area contributed by atoms with Crippen LogP contribution in [0, 0.1) is 5.82 Å². The van der Waals surface area contributed by atoms with Crippen molar-refractivity contribution in [2.45, 2.75) is 12.8 Å². The molecule has 0 unspecified atom stereocenters. The summed E-state index contributed by atoms with van der Waals surface area (Å²) in [6, 6.07) is 9.72. The number of benzene rings is 2. The van der Waals surface area contributed by atoms with E-state index in [-0.39, 0.29) is 18.1 Å². The number of nitrogens with one attached hydrogen (secondary N) is 1. The zero-order valence-corrected chi connectivity index (χ0v) is 14.6. The van der Waals surface area contributed by atoms with Crippen molar-refractivity contribution < 1.29 is 23.4 Å². The molecule has 0 bridgehead atoms. The van der Waals surface area contributed by atoms with Gasteiger partial charge in [0, 0.05) is 6.54 Å². The van der Waals surface area contributed by atoms with Crippen molar-refractivity contribution in [1.82, 2.24) is 5.32 Å². The molecule has 0 spiro atoms. The fourth-order valence-corrected chi connectivity index (χ4v) is 2.52. The smallest absolute Gasteiger partial charge is 0.224 e. The van der Waals surface area contributed by atoms with Crippen LogP contribution in [0.25, 0.3) is 0 Å². The topological polar surface area (TPSA) is 56.8 Å². The van der Waals surface area contributed by atoms with Gasteiger partial charge < -0.3 is 19.5 Å². The Bertz CT molecular complexity index is 708. The fourth-order valence-electron chi connectivity index (χ4n) is 2.52. The third-order valence-electron chi connectivity index (χ3n) is 3.71. The number of hydrogen-bond donors (Lipinski definition) is 1. The second kappa shape index (κ2) is 8.92. The number of carbonyl (C=O) groups excluding carboxylic acids is 1. The van der Waals surface area contributed by atoms with Gasteiger partial charge in [0.15, 0.2) is 11.5 Å². The molecule has 6 heteroatoms. The van der Waals surface area contributed by atoms with Crippen LogP contribution in [0.3, 0.4) is 0 Å². The maximum Gasteiger partial charge on any atom is 0.224 e. The van der Waals surface area contributed by atoms with Crippen molar-refractivity contribution >= 4 is 5.91 Å². The third kappa shape index (κ3) is 5.11. The number of hydrogen-bond acceptors (Lipinski definition) is 4. The molecule has 0 aliphatic heterocycles. The van der Waals surface area contributed by atoms with Gasteiger partial charge in [-0.05, 0) is 41.8 Å². The first-order chi connectivity index (χ1) is 12.1. The van der Waals surface area contributed by atoms with E-state index in [9.17, 15) is 9.18 Å². The molecule has 134 valence electrons. The van der Waals surface area contributed by atoms with Gasteiger partial charge in [0.05, 0.1) is 27.8 Å². The first-order valence-corrected chi connectivity index (χ1v) is 7.87. The van der Waals surface area contributed by atoms with Crippen molar-refractivity contribution in [3.05, 3.63) is 53.3 Å². The molecule has 0 heterocycles. The number of methoxy groups -OCH3 is 3. The molecule has 2 aromatic rings. The predicted octanol–water partition coefficient (Wildman–Crippen LogP) is 2.75. The van der Waals surface area contributed by atoms with Gasteiger partial charge in [0.1, 0.15) is 5.82 Å². The molecular weight excluding hydrogens is 325 g/mol. The monoisotopic (exact) mass is 347 g/mol. The predicted molar refractivity (Wildman–Crippen MR) is 92.9 cm³/mol. The van der Waals surface area contributed by atoms with Crippen LogP contribution in [-0.2, 0) is 17.6 Å². The van der Waals surface area contributed by atoms with E-state index < -0.39 is 0 Å². The quantitative estimate of drug-likeness (QED) is 0.798. The van der Waals surface area contributed by atoms with Crippen LogP contribution >= 0.6 is 0 Å². The summed E-state index contributed by atoms with van der Waals surface area (Å²) in [7, 11) is 4.66. The highest BCUT2D eigenvalue weighted by molar-refractivity contribution is 5.78. The lowest BCUT2D eigenvalue weighted by Gasteiger charge is -2.14. The number of halogens is 1. The normalized spacial score (nSPS) is 10.2. The SMILES string of the molecule is COc1cc(CCNC(=O)Cc2cccc(F)c2)cc(OC)c1OC. The van der Waals surface area contributed by atoms with Gasteiger partial charge in [-0.1, -0.05) is 12.1 Å². The molecule has 1 amide bonds. The number of carbonyl (C=O) groups is 1. The Labute approximate surface area is 146 Å². The highest BCUT2D eigenvalue weighted by Crippen LogP contribution is 2.38. The molecule has 0 aliphatic rings. The Morgan fingerprint density at radius 3 is 2.24 bits per heavy atom. The first kappa shape index (κ1) is 18.6. The van der Waals surface area contributed by atoms with Gasteiger partial charge >= 0.3 is 0 Å². The van der Waals surface area contributed by atoms with Gasteiger partial charge in [-0.3, -0.25) is 4.79 Å². The molecular formula is C19H22FNO4. The second-order valence-corrected chi connectivity index (χ2v) is 5.44. The van der Waals surface area contributed by atoms with E-state index in [0.717, 1.165) is 5.56 Å². The summed E-state index contributed by atoms with van der Waals surface area (Å²) in [5, 5.41) is 2.83. The fraction of sp³-hybridized carbons (Fsp3) is 0.316. The average molecular weight is 347 g/mol. The Kier molecular flexibility index (Phi) is 6.62. The summed E-state index contributed by atoms with van der Waals surface area (Å²) < 4.78 is 29.0. The zero-order chi connectivity index (χ0) is 18.2. The van der Waals surface area contributed by atoms with Crippen LogP contribution in [0.5, 0.6) is 17.2 Å². The largest absolute Gasteiger partial charge is 0.493 e. The van der Waals surface area contributed by atoms with E-state index in [4.69, 9.17) is 14.2 Å². The van der Waals surface area contributed by atoms with Crippen LogP contribution in [0.4, 0.5) is 4.39 Å². The van der Waals surface area contributed by atoms with Crippen molar-refractivity contribution in [3.63, 3.8) is 0 Å². The highest BCUT2D eigenvalue weighted by Gasteiger charge is 2.13. The average Bonchev–Trinajstić information content (AvgIpc) is 2.60.